The Morgan fingerprint density at radius 1 is 1.26 bits per heavy atom. The van der Waals surface area contributed by atoms with Crippen molar-refractivity contribution in [3.8, 4) is 5.75 Å². The number of benzene rings is 2. The number of fused-ring (bicyclic) bond motifs is 1. The fourth-order valence-corrected chi connectivity index (χ4v) is 5.68. The van der Waals surface area contributed by atoms with Gasteiger partial charge in [-0.1, -0.05) is 22.9 Å². The highest BCUT2D eigenvalue weighted by Crippen LogP contribution is 2.30. The molecule has 2 aromatic carbocycles. The molecule has 4 rings (SSSR count). The molecule has 3 aromatic rings. The van der Waals surface area contributed by atoms with Gasteiger partial charge < -0.3 is 9.47 Å². The Morgan fingerprint density at radius 2 is 2.03 bits per heavy atom. The highest BCUT2D eigenvalue weighted by Gasteiger charge is 2.27. The molecule has 1 fully saturated rings. The Balaban J connectivity index is 1.58. The van der Waals surface area contributed by atoms with E-state index in [2.05, 4.69) is 10.3 Å². The summed E-state index contributed by atoms with van der Waals surface area (Å²) in [5, 5.41) is 3.24. The molecule has 1 aliphatic heterocycles. The topological polar surface area (TPSA) is 97.8 Å². The van der Waals surface area contributed by atoms with Crippen molar-refractivity contribution in [1.82, 2.24) is 9.29 Å². The van der Waals surface area contributed by atoms with Crippen LogP contribution in [0.3, 0.4) is 0 Å². The number of morpholine rings is 1. The van der Waals surface area contributed by atoms with E-state index in [4.69, 9.17) is 21.1 Å². The zero-order chi connectivity index (χ0) is 22.0. The molecule has 0 saturated carbocycles. The lowest BCUT2D eigenvalue weighted by molar-refractivity contribution is 0.0730. The van der Waals surface area contributed by atoms with Crippen LogP contribution in [0.25, 0.3) is 10.2 Å². The molecule has 8 nitrogen and oxygen atoms in total. The average Bonchev–Trinajstić information content (AvgIpc) is 3.16. The lowest BCUT2D eigenvalue weighted by Gasteiger charge is -2.26. The molecule has 1 amide bonds. The molecular weight excluding hydrogens is 462 g/mol. The Morgan fingerprint density at radius 3 is 2.77 bits per heavy atom. The molecule has 1 aliphatic rings. The van der Waals surface area contributed by atoms with Crippen molar-refractivity contribution in [2.45, 2.75) is 11.8 Å². The number of carbonyl (C=O) groups is 1. The number of halogens is 1. The summed E-state index contributed by atoms with van der Waals surface area (Å²) in [6, 6.07) is 9.59. The van der Waals surface area contributed by atoms with E-state index in [-0.39, 0.29) is 28.6 Å². The highest BCUT2D eigenvalue weighted by atomic mass is 35.5. The minimum absolute atomic E-state index is 0.00889. The van der Waals surface area contributed by atoms with Crippen LogP contribution in [0.15, 0.2) is 41.3 Å². The molecule has 164 valence electrons. The van der Waals surface area contributed by atoms with Gasteiger partial charge in [0, 0.05) is 13.1 Å². The average molecular weight is 482 g/mol. The molecule has 1 saturated heterocycles. The lowest BCUT2D eigenvalue weighted by Crippen LogP contribution is -2.40. The van der Waals surface area contributed by atoms with E-state index in [0.29, 0.717) is 25.0 Å². The number of thiazole rings is 1. The lowest BCUT2D eigenvalue weighted by atomic mass is 10.2. The summed E-state index contributed by atoms with van der Waals surface area (Å²) in [5.41, 5.74) is 0.781. The first-order valence-electron chi connectivity index (χ1n) is 9.60. The van der Waals surface area contributed by atoms with Crippen molar-refractivity contribution in [2.24, 2.45) is 0 Å². The predicted molar refractivity (Wildman–Crippen MR) is 120 cm³/mol. The predicted octanol–water partition coefficient (Wildman–Crippen LogP) is 3.62. The van der Waals surface area contributed by atoms with Gasteiger partial charge in [0.15, 0.2) is 5.13 Å². The van der Waals surface area contributed by atoms with Gasteiger partial charge in [0.2, 0.25) is 10.0 Å². The van der Waals surface area contributed by atoms with E-state index in [1.54, 1.807) is 0 Å². The summed E-state index contributed by atoms with van der Waals surface area (Å²) in [7, 11) is -3.75. The van der Waals surface area contributed by atoms with Gasteiger partial charge >= 0.3 is 0 Å². The van der Waals surface area contributed by atoms with E-state index in [9.17, 15) is 13.2 Å². The molecule has 1 aromatic heterocycles. The maximum Gasteiger partial charge on any atom is 0.259 e. The normalized spacial score (nSPS) is 15.2. The summed E-state index contributed by atoms with van der Waals surface area (Å²) < 4.78 is 38.7. The van der Waals surface area contributed by atoms with Crippen LogP contribution in [-0.4, -0.2) is 56.5 Å². The third-order valence-electron chi connectivity index (χ3n) is 4.68. The number of amides is 1. The second-order valence-electron chi connectivity index (χ2n) is 6.69. The van der Waals surface area contributed by atoms with Crippen molar-refractivity contribution in [3.63, 3.8) is 0 Å². The smallest absolute Gasteiger partial charge is 0.259 e. The van der Waals surface area contributed by atoms with Crippen molar-refractivity contribution < 1.29 is 22.7 Å². The number of anilines is 1. The number of ether oxygens (including phenoxy) is 2. The van der Waals surface area contributed by atoms with Gasteiger partial charge in [-0.25, -0.2) is 13.4 Å². The molecular formula is C20H20ClN3O5S2. The van der Waals surface area contributed by atoms with E-state index >= 15 is 0 Å². The minimum atomic E-state index is -3.75. The summed E-state index contributed by atoms with van der Waals surface area (Å²) in [6.45, 7) is 3.66. The van der Waals surface area contributed by atoms with E-state index < -0.39 is 15.9 Å². The van der Waals surface area contributed by atoms with Gasteiger partial charge in [0.05, 0.1) is 45.5 Å². The number of sulfonamides is 1. The van der Waals surface area contributed by atoms with Gasteiger partial charge in [-0.15, -0.1) is 0 Å². The largest absolute Gasteiger partial charge is 0.494 e. The van der Waals surface area contributed by atoms with Crippen molar-refractivity contribution >= 4 is 54.2 Å². The van der Waals surface area contributed by atoms with Gasteiger partial charge in [0.1, 0.15) is 5.75 Å². The number of rotatable bonds is 6. The fraction of sp³-hybridized carbons (Fsp3) is 0.300. The van der Waals surface area contributed by atoms with E-state index in [0.717, 1.165) is 16.0 Å². The van der Waals surface area contributed by atoms with Crippen LogP contribution in [0.5, 0.6) is 5.75 Å². The number of hydrogen-bond acceptors (Lipinski definition) is 7. The molecule has 0 atom stereocenters. The standard InChI is InChI=1S/C20H20ClN3O5S2/c1-2-29-13-3-6-17-18(11-13)30-20(22-17)23-19(25)15-12-14(4-5-16(15)21)31(26,27)24-7-9-28-10-8-24/h3-6,11-12H,2,7-10H2,1H3,(H,22,23,25). The first kappa shape index (κ1) is 22.0. The van der Waals surface area contributed by atoms with E-state index in [1.807, 2.05) is 25.1 Å². The number of aromatic nitrogens is 1. The molecule has 0 bridgehead atoms. The molecule has 2 heterocycles. The monoisotopic (exact) mass is 481 g/mol. The minimum Gasteiger partial charge on any atom is -0.494 e. The van der Waals surface area contributed by atoms with Crippen molar-refractivity contribution in [3.05, 3.63) is 47.0 Å². The zero-order valence-electron chi connectivity index (χ0n) is 16.6. The third-order valence-corrected chi connectivity index (χ3v) is 7.84. The first-order chi connectivity index (χ1) is 14.9. The quantitative estimate of drug-likeness (QED) is 0.577. The SMILES string of the molecule is CCOc1ccc2nc(NC(=O)c3cc(S(=O)(=O)N4CCOCC4)ccc3Cl)sc2c1. The van der Waals surface area contributed by atoms with Crippen LogP contribution in [0.4, 0.5) is 5.13 Å². The second-order valence-corrected chi connectivity index (χ2v) is 10.1. The van der Waals surface area contributed by atoms with Crippen LogP contribution < -0.4 is 10.1 Å². The van der Waals surface area contributed by atoms with E-state index in [1.165, 1.54) is 33.8 Å². The molecule has 0 unspecified atom stereocenters. The number of nitrogens with one attached hydrogen (secondary N) is 1. The summed E-state index contributed by atoms with van der Waals surface area (Å²) >= 11 is 7.50. The molecule has 11 heteroatoms. The zero-order valence-corrected chi connectivity index (χ0v) is 19.0. The van der Waals surface area contributed by atoms with Crippen LogP contribution in [-0.2, 0) is 14.8 Å². The number of hydrogen-bond donors (Lipinski definition) is 1. The summed E-state index contributed by atoms with van der Waals surface area (Å²) in [6.07, 6.45) is 0. The summed E-state index contributed by atoms with van der Waals surface area (Å²) in [4.78, 5) is 17.3. The maximum absolute atomic E-state index is 12.9. The molecule has 0 radical (unpaired) electrons. The maximum atomic E-state index is 12.9. The van der Waals surface area contributed by atoms with Gasteiger partial charge in [-0.2, -0.15) is 4.31 Å². The van der Waals surface area contributed by atoms with Crippen LogP contribution in [0.1, 0.15) is 17.3 Å². The Bertz CT molecular complexity index is 1220. The van der Waals surface area contributed by atoms with Gasteiger partial charge in [-0.3, -0.25) is 10.1 Å². The Hall–Kier alpha value is -2.24. The van der Waals surface area contributed by atoms with Crippen molar-refractivity contribution in [2.75, 3.05) is 38.2 Å². The van der Waals surface area contributed by atoms with Crippen LogP contribution >= 0.6 is 22.9 Å². The third kappa shape index (κ3) is 4.68. The van der Waals surface area contributed by atoms with Gasteiger partial charge in [0.25, 0.3) is 5.91 Å². The fourth-order valence-electron chi connectivity index (χ4n) is 3.15. The molecule has 0 aliphatic carbocycles. The highest BCUT2D eigenvalue weighted by molar-refractivity contribution is 7.89. The number of nitrogens with zero attached hydrogens (tertiary/aromatic N) is 2. The van der Waals surface area contributed by atoms with Gasteiger partial charge in [-0.05, 0) is 43.3 Å². The molecule has 1 N–H and O–H groups in total. The van der Waals surface area contributed by atoms with Crippen LogP contribution in [0, 0.1) is 0 Å². The van der Waals surface area contributed by atoms with Crippen LogP contribution in [0.2, 0.25) is 5.02 Å². The summed E-state index contributed by atoms with van der Waals surface area (Å²) in [5.74, 6) is 0.189. The van der Waals surface area contributed by atoms with Crippen molar-refractivity contribution in [1.29, 1.82) is 0 Å². The molecule has 31 heavy (non-hydrogen) atoms. The second kappa shape index (κ2) is 9.09. The Labute approximate surface area is 188 Å². The Kier molecular flexibility index (Phi) is 6.44. The molecule has 0 spiro atoms. The first-order valence-corrected chi connectivity index (χ1v) is 12.2. The number of carbonyl (C=O) groups excluding carboxylic acids is 1.